The molecule has 0 bridgehead atoms. The highest BCUT2D eigenvalue weighted by Crippen LogP contribution is 2.49. The van der Waals surface area contributed by atoms with Crippen LogP contribution in [0.4, 0.5) is 0 Å². The number of phosphoric ester groups is 1. The third-order valence-electron chi connectivity index (χ3n) is 22.1. The number of carbonyl (C=O) groups excluding carboxylic acids is 4. The van der Waals surface area contributed by atoms with Crippen molar-refractivity contribution >= 4 is 31.7 Å². The molecule has 3 fully saturated rings. The molecule has 18 atom stereocenters. The first-order valence-electron chi connectivity index (χ1n) is 45.7. The van der Waals surface area contributed by atoms with E-state index in [1.807, 2.05) is 0 Å². The first-order valence-corrected chi connectivity index (χ1v) is 47.2. The van der Waals surface area contributed by atoms with Crippen LogP contribution in [0.2, 0.25) is 0 Å². The van der Waals surface area contributed by atoms with Crippen LogP contribution in [0.1, 0.15) is 374 Å². The molecule has 3 rings (SSSR count). The van der Waals surface area contributed by atoms with Crippen LogP contribution in [0.25, 0.3) is 0 Å². The number of hydrogen-bond donors (Lipinski definition) is 10. The molecule has 0 aromatic rings. The van der Waals surface area contributed by atoms with Crippen LogP contribution < -0.4 is 0 Å². The van der Waals surface area contributed by atoms with Crippen LogP contribution in [-0.4, -0.2) is 205 Å². The highest BCUT2D eigenvalue weighted by molar-refractivity contribution is 7.47. The van der Waals surface area contributed by atoms with E-state index in [9.17, 15) is 74.6 Å². The Balaban J connectivity index is 1.93. The third kappa shape index (κ3) is 48.8. The molecular weight excluding hydrogens is 1500 g/mol. The smallest absolute Gasteiger partial charge is 0.463 e. The monoisotopic (exact) mass is 1660 g/mol. The molecule has 0 aromatic carbocycles. The van der Waals surface area contributed by atoms with Gasteiger partial charge in [0.05, 0.1) is 13.2 Å². The fourth-order valence-electron chi connectivity index (χ4n) is 14.8. The minimum atomic E-state index is -5.81. The number of aliphatic hydroxyl groups excluding tert-OH is 9. The van der Waals surface area contributed by atoms with Crippen molar-refractivity contribution in [1.82, 2.24) is 0 Å². The maximum atomic E-state index is 14.9. The summed E-state index contributed by atoms with van der Waals surface area (Å²) in [4.78, 5) is 66.3. The van der Waals surface area contributed by atoms with E-state index in [2.05, 4.69) is 64.2 Å². The van der Waals surface area contributed by atoms with Crippen molar-refractivity contribution in [1.29, 1.82) is 0 Å². The highest BCUT2D eigenvalue weighted by Gasteiger charge is 2.60. The molecular formula is C89H161O25P. The largest absolute Gasteiger partial charge is 0.472 e. The number of esters is 4. The molecule has 1 saturated carbocycles. The summed E-state index contributed by atoms with van der Waals surface area (Å²) < 4.78 is 73.3. The molecule has 672 valence electrons. The van der Waals surface area contributed by atoms with Crippen LogP contribution in [0.5, 0.6) is 0 Å². The van der Waals surface area contributed by atoms with Crippen LogP contribution in [-0.2, 0) is 70.7 Å². The van der Waals surface area contributed by atoms with Crippen LogP contribution in [0, 0.1) is 0 Å². The molecule has 2 aliphatic heterocycles. The summed E-state index contributed by atoms with van der Waals surface area (Å²) in [6.07, 6.45) is 28.8. The average molecular weight is 1660 g/mol. The zero-order valence-electron chi connectivity index (χ0n) is 71.3. The lowest BCUT2D eigenvalue weighted by Crippen LogP contribution is -2.70. The molecule has 1 aliphatic carbocycles. The Hall–Kier alpha value is -3.31. The van der Waals surface area contributed by atoms with Gasteiger partial charge in [-0.2, -0.15) is 0 Å². The predicted octanol–water partition coefficient (Wildman–Crippen LogP) is 16.3. The maximum absolute atomic E-state index is 14.9. The molecule has 0 spiro atoms. The summed E-state index contributed by atoms with van der Waals surface area (Å²) >= 11 is 0. The lowest BCUT2D eigenvalue weighted by atomic mass is 9.84. The molecule has 0 radical (unpaired) electrons. The number of rotatable bonds is 73. The van der Waals surface area contributed by atoms with Gasteiger partial charge in [-0.1, -0.05) is 282 Å². The average Bonchev–Trinajstić information content (AvgIpc) is 0.753. The molecule has 0 amide bonds. The number of phosphoric acid groups is 1. The van der Waals surface area contributed by atoms with Crippen LogP contribution in [0.3, 0.4) is 0 Å². The van der Waals surface area contributed by atoms with Gasteiger partial charge in [0.15, 0.2) is 24.8 Å². The van der Waals surface area contributed by atoms with Gasteiger partial charge in [0, 0.05) is 25.7 Å². The van der Waals surface area contributed by atoms with Gasteiger partial charge >= 0.3 is 31.7 Å². The third-order valence-corrected chi connectivity index (χ3v) is 23.1. The number of carbonyl (C=O) groups is 4. The summed E-state index contributed by atoms with van der Waals surface area (Å²) in [5.41, 5.74) is 0. The molecule has 10 N–H and O–H groups in total. The SMILES string of the molecule is CCCCCC/C=C\CCCCCCCCCC(=O)OC(COC(=O)CCCCCCCCCCCCCCCCC)COP(=O)(O)OC1C(OC2OC(CO)C(O)C(O)C2O)C(O)C(O)C(OC(=O)CCCCC/C=C\CCCCCCCC)C1OC1OC(COC(=O)CCCCC/C=C\CCCCCCCC)C(O)C(O)C1O. The zero-order valence-corrected chi connectivity index (χ0v) is 72.2. The van der Waals surface area contributed by atoms with E-state index in [1.165, 1.54) is 141 Å². The second kappa shape index (κ2) is 68.3. The van der Waals surface area contributed by atoms with Gasteiger partial charge in [-0.05, 0) is 103 Å². The molecule has 2 heterocycles. The topological polar surface area (TPSA) is 380 Å². The maximum Gasteiger partial charge on any atom is 0.472 e. The van der Waals surface area contributed by atoms with E-state index in [-0.39, 0.29) is 32.1 Å². The summed E-state index contributed by atoms with van der Waals surface area (Å²) in [7, 11) is -5.81. The minimum absolute atomic E-state index is 0.00856. The van der Waals surface area contributed by atoms with Crippen molar-refractivity contribution in [2.45, 2.75) is 479 Å². The number of hydrogen-bond acceptors (Lipinski definition) is 24. The molecule has 25 nitrogen and oxygen atoms in total. The lowest BCUT2D eigenvalue weighted by Gasteiger charge is -2.50. The van der Waals surface area contributed by atoms with Crippen molar-refractivity contribution in [2.24, 2.45) is 0 Å². The van der Waals surface area contributed by atoms with Crippen LogP contribution in [0.15, 0.2) is 36.5 Å². The quantitative estimate of drug-likeness (QED) is 0.00889. The first-order chi connectivity index (χ1) is 55.7. The van der Waals surface area contributed by atoms with E-state index in [1.54, 1.807) is 0 Å². The lowest BCUT2D eigenvalue weighted by molar-refractivity contribution is -0.360. The number of allylic oxidation sites excluding steroid dienone is 6. The Morgan fingerprint density at radius 2 is 0.652 bits per heavy atom. The van der Waals surface area contributed by atoms with E-state index < -0.39 is 162 Å². The van der Waals surface area contributed by atoms with Crippen molar-refractivity contribution < 1.29 is 122 Å². The van der Waals surface area contributed by atoms with Crippen molar-refractivity contribution in [3.05, 3.63) is 36.5 Å². The number of unbranched alkanes of at least 4 members (excludes halogenated alkanes) is 43. The molecule has 18 unspecified atom stereocenters. The molecule has 3 aliphatic rings. The van der Waals surface area contributed by atoms with E-state index >= 15 is 0 Å². The van der Waals surface area contributed by atoms with Crippen molar-refractivity contribution in [3.8, 4) is 0 Å². The Labute approximate surface area is 691 Å². The van der Waals surface area contributed by atoms with Gasteiger partial charge in [-0.25, -0.2) is 4.57 Å². The van der Waals surface area contributed by atoms with E-state index in [4.69, 9.17) is 46.9 Å². The Kier molecular flexibility index (Phi) is 62.8. The number of ether oxygens (including phenoxy) is 8. The van der Waals surface area contributed by atoms with Gasteiger partial charge in [0.2, 0.25) is 0 Å². The Morgan fingerprint density at radius 1 is 0.339 bits per heavy atom. The molecule has 26 heteroatoms. The van der Waals surface area contributed by atoms with E-state index in [0.717, 1.165) is 128 Å². The Morgan fingerprint density at radius 3 is 1.05 bits per heavy atom. The predicted molar refractivity (Wildman–Crippen MR) is 444 cm³/mol. The van der Waals surface area contributed by atoms with Crippen molar-refractivity contribution in [3.63, 3.8) is 0 Å². The van der Waals surface area contributed by atoms with Crippen LogP contribution >= 0.6 is 7.82 Å². The first kappa shape index (κ1) is 106. The van der Waals surface area contributed by atoms with Gasteiger partial charge in [0.1, 0.15) is 92.6 Å². The highest BCUT2D eigenvalue weighted by atomic mass is 31.2. The molecule has 115 heavy (non-hydrogen) atoms. The summed E-state index contributed by atoms with van der Waals surface area (Å²) in [5, 5.41) is 102. The van der Waals surface area contributed by atoms with E-state index in [0.29, 0.717) is 44.9 Å². The molecule has 2 saturated heterocycles. The second-order valence-corrected chi connectivity index (χ2v) is 33.9. The van der Waals surface area contributed by atoms with Gasteiger partial charge in [-0.15, -0.1) is 0 Å². The number of aliphatic hydroxyl groups is 9. The standard InChI is InChI=1S/C89H161O25P/c1-5-9-13-17-21-25-29-33-35-39-42-45-49-53-57-61-72(91)105-66-69(108-74(93)63-59-55-51-47-44-40-36-34-30-26-22-18-14-10-6-2)67-107-115(103,104)114-87-85(112-88-82(101)78(97)76(95)70(65-90)109-88)81(100)80(99)84(111-75(94)64-60-56-52-48-43-38-32-28-24-20-16-12-8-4)86(87)113-89-83(102)79(98)77(96)71(110-89)68-106-73(92)62-58-54-50-46-41-37-31-27-23-19-15-11-7-3/h26,30,37-38,41,43,69-71,76-90,95-102H,5-25,27-29,31-36,39-40,42,44-68H2,1-4H3,(H,103,104)/b30-26-,41-37-,43-38-. The molecule has 0 aromatic heterocycles. The normalized spacial score (nSPS) is 25.4. The second-order valence-electron chi connectivity index (χ2n) is 32.4. The minimum Gasteiger partial charge on any atom is -0.463 e. The van der Waals surface area contributed by atoms with Gasteiger partial charge < -0.3 is 88.7 Å². The summed E-state index contributed by atoms with van der Waals surface area (Å²) in [5.74, 6) is -3.01. The Bertz CT molecular complexity index is 2540. The fraction of sp³-hybridized carbons (Fsp3) is 0.888. The summed E-state index contributed by atoms with van der Waals surface area (Å²) in [6.45, 7) is 5.53. The zero-order chi connectivity index (χ0) is 84.0. The summed E-state index contributed by atoms with van der Waals surface area (Å²) in [6, 6.07) is 0. The van der Waals surface area contributed by atoms with Crippen molar-refractivity contribution in [2.75, 3.05) is 26.4 Å². The fourth-order valence-corrected chi connectivity index (χ4v) is 15.7. The van der Waals surface area contributed by atoms with Gasteiger partial charge in [0.25, 0.3) is 0 Å². The van der Waals surface area contributed by atoms with Gasteiger partial charge in [-0.3, -0.25) is 28.2 Å².